The zero-order chi connectivity index (χ0) is 13.8. The van der Waals surface area contributed by atoms with Gasteiger partial charge in [-0.05, 0) is 18.2 Å². The van der Waals surface area contributed by atoms with E-state index >= 15 is 0 Å². The molecule has 0 aromatic heterocycles. The van der Waals surface area contributed by atoms with Crippen LogP contribution in [-0.2, 0) is 15.7 Å². The Bertz CT molecular complexity index is 423. The first-order chi connectivity index (χ1) is 8.38. The second kappa shape index (κ2) is 7.32. The van der Waals surface area contributed by atoms with E-state index < -0.39 is 23.8 Å². The second-order valence-corrected chi connectivity index (χ2v) is 3.53. The number of nitrogens with two attached hydrogens (primary N) is 1. The number of nitrogens with one attached hydrogen (secondary N) is 1. The monoisotopic (exact) mass is 298 g/mol. The molecule has 1 aromatic rings. The van der Waals surface area contributed by atoms with E-state index in [9.17, 15) is 18.0 Å². The van der Waals surface area contributed by atoms with Crippen LogP contribution in [0.4, 0.5) is 18.9 Å². The van der Waals surface area contributed by atoms with E-state index in [0.717, 1.165) is 12.1 Å². The first-order valence-corrected chi connectivity index (χ1v) is 5.09. The molecule has 3 N–H and O–H groups in total. The summed E-state index contributed by atoms with van der Waals surface area (Å²) in [6.07, 6.45) is -5.34. The zero-order valence-corrected chi connectivity index (χ0v) is 10.8. The van der Waals surface area contributed by atoms with Gasteiger partial charge in [0.1, 0.15) is 6.10 Å². The quantitative estimate of drug-likeness (QED) is 0.894. The summed E-state index contributed by atoms with van der Waals surface area (Å²) in [5, 5.41) is 2.31. The Balaban J connectivity index is 0.00000324. The Kier molecular flexibility index (Phi) is 6.82. The lowest BCUT2D eigenvalue weighted by Gasteiger charge is -2.14. The Morgan fingerprint density at radius 2 is 2.11 bits per heavy atom. The first kappa shape index (κ1) is 17.7. The van der Waals surface area contributed by atoms with Crippen LogP contribution in [-0.4, -0.2) is 25.7 Å². The molecule has 0 aliphatic heterocycles. The molecular formula is C11H14ClF3N2O2. The van der Waals surface area contributed by atoms with Gasteiger partial charge in [0.05, 0.1) is 5.56 Å². The summed E-state index contributed by atoms with van der Waals surface area (Å²) in [6, 6.07) is 4.34. The fraction of sp³-hybridized carbons (Fsp3) is 0.364. The van der Waals surface area contributed by atoms with Crippen LogP contribution in [0.2, 0.25) is 0 Å². The number of methoxy groups -OCH3 is 1. The molecule has 0 aliphatic rings. The molecule has 1 rings (SSSR count). The third-order valence-corrected chi connectivity index (χ3v) is 2.25. The van der Waals surface area contributed by atoms with Crippen LogP contribution in [0.3, 0.4) is 0 Å². The van der Waals surface area contributed by atoms with Gasteiger partial charge in [-0.2, -0.15) is 13.2 Å². The summed E-state index contributed by atoms with van der Waals surface area (Å²) < 4.78 is 42.1. The molecule has 0 aliphatic carbocycles. The summed E-state index contributed by atoms with van der Waals surface area (Å²) in [6.45, 7) is -0.0543. The molecule has 1 atom stereocenters. The van der Waals surface area contributed by atoms with Gasteiger partial charge in [-0.1, -0.05) is 6.07 Å². The highest BCUT2D eigenvalue weighted by Gasteiger charge is 2.30. The lowest BCUT2D eigenvalue weighted by atomic mass is 10.2. The third-order valence-electron chi connectivity index (χ3n) is 2.25. The van der Waals surface area contributed by atoms with Crippen molar-refractivity contribution in [2.75, 3.05) is 19.0 Å². The molecule has 1 amide bonds. The van der Waals surface area contributed by atoms with Crippen LogP contribution in [0.15, 0.2) is 24.3 Å². The molecule has 0 radical (unpaired) electrons. The number of halogens is 4. The molecule has 4 nitrogen and oxygen atoms in total. The third kappa shape index (κ3) is 5.06. The highest BCUT2D eigenvalue weighted by Crippen LogP contribution is 2.30. The largest absolute Gasteiger partial charge is 0.416 e. The molecule has 19 heavy (non-hydrogen) atoms. The fourth-order valence-corrected chi connectivity index (χ4v) is 1.31. The van der Waals surface area contributed by atoms with Crippen LogP contribution >= 0.6 is 12.4 Å². The standard InChI is InChI=1S/C11H13F3N2O2.ClH/c1-18-9(6-15)10(17)16-8-4-2-3-7(5-8)11(12,13)14;/h2-5,9H,6,15H2,1H3,(H,16,17);1H. The average Bonchev–Trinajstić information content (AvgIpc) is 2.29. The number of amides is 1. The summed E-state index contributed by atoms with van der Waals surface area (Å²) in [5.74, 6) is -0.584. The van der Waals surface area contributed by atoms with E-state index in [4.69, 9.17) is 10.5 Å². The smallest absolute Gasteiger partial charge is 0.370 e. The molecule has 0 saturated carbocycles. The van der Waals surface area contributed by atoms with Gasteiger partial charge in [0.25, 0.3) is 5.91 Å². The van der Waals surface area contributed by atoms with Gasteiger partial charge in [0.15, 0.2) is 0 Å². The Hall–Kier alpha value is -1.31. The maximum absolute atomic E-state index is 12.4. The predicted molar refractivity (Wildman–Crippen MR) is 67.2 cm³/mol. The van der Waals surface area contributed by atoms with Gasteiger partial charge in [0, 0.05) is 19.3 Å². The molecule has 0 spiro atoms. The predicted octanol–water partition coefficient (Wildman–Crippen LogP) is 2.04. The molecule has 108 valence electrons. The number of carbonyl (C=O) groups excluding carboxylic acids is 1. The van der Waals surface area contributed by atoms with Crippen molar-refractivity contribution in [1.29, 1.82) is 0 Å². The molecular weight excluding hydrogens is 285 g/mol. The minimum Gasteiger partial charge on any atom is -0.370 e. The fourth-order valence-electron chi connectivity index (χ4n) is 1.31. The molecule has 1 aromatic carbocycles. The molecule has 0 fully saturated rings. The van der Waals surface area contributed by atoms with E-state index in [-0.39, 0.29) is 24.6 Å². The maximum Gasteiger partial charge on any atom is 0.416 e. The highest BCUT2D eigenvalue weighted by molar-refractivity contribution is 5.94. The van der Waals surface area contributed by atoms with Gasteiger partial charge in [-0.15, -0.1) is 12.4 Å². The van der Waals surface area contributed by atoms with E-state index in [1.807, 2.05) is 0 Å². The van der Waals surface area contributed by atoms with Crippen molar-refractivity contribution in [2.45, 2.75) is 12.3 Å². The van der Waals surface area contributed by atoms with Crippen LogP contribution < -0.4 is 11.1 Å². The minimum atomic E-state index is -4.45. The summed E-state index contributed by atoms with van der Waals surface area (Å²) >= 11 is 0. The van der Waals surface area contributed by atoms with Crippen LogP contribution in [0.5, 0.6) is 0 Å². The maximum atomic E-state index is 12.4. The SMILES string of the molecule is COC(CN)C(=O)Nc1cccc(C(F)(F)F)c1.Cl. The van der Waals surface area contributed by atoms with Crippen LogP contribution in [0.25, 0.3) is 0 Å². The zero-order valence-electron chi connectivity index (χ0n) is 10.0. The van der Waals surface area contributed by atoms with Crippen molar-refractivity contribution in [1.82, 2.24) is 0 Å². The number of rotatable bonds is 4. The van der Waals surface area contributed by atoms with Gasteiger partial charge in [0.2, 0.25) is 0 Å². The highest BCUT2D eigenvalue weighted by atomic mass is 35.5. The summed E-state index contributed by atoms with van der Waals surface area (Å²) in [5.41, 5.74) is 4.49. The van der Waals surface area contributed by atoms with E-state index in [1.165, 1.54) is 19.2 Å². The van der Waals surface area contributed by atoms with E-state index in [0.29, 0.717) is 0 Å². The minimum absolute atomic E-state index is 0. The van der Waals surface area contributed by atoms with Crippen molar-refractivity contribution in [2.24, 2.45) is 5.73 Å². The van der Waals surface area contributed by atoms with E-state index in [1.54, 1.807) is 0 Å². The van der Waals surface area contributed by atoms with Crippen molar-refractivity contribution < 1.29 is 22.7 Å². The van der Waals surface area contributed by atoms with Gasteiger partial charge in [-0.3, -0.25) is 4.79 Å². The molecule has 1 unspecified atom stereocenters. The number of benzene rings is 1. The Labute approximate surface area is 114 Å². The normalized spacial score (nSPS) is 12.5. The second-order valence-electron chi connectivity index (χ2n) is 3.53. The number of alkyl halides is 3. The van der Waals surface area contributed by atoms with E-state index in [2.05, 4.69) is 5.32 Å². The van der Waals surface area contributed by atoms with Gasteiger partial charge < -0.3 is 15.8 Å². The molecule has 8 heteroatoms. The number of hydrogen-bond donors (Lipinski definition) is 2. The van der Waals surface area contributed by atoms with Crippen molar-refractivity contribution in [3.8, 4) is 0 Å². The van der Waals surface area contributed by atoms with Crippen molar-refractivity contribution in [3.05, 3.63) is 29.8 Å². The van der Waals surface area contributed by atoms with Crippen LogP contribution in [0, 0.1) is 0 Å². The average molecular weight is 299 g/mol. The Morgan fingerprint density at radius 3 is 2.58 bits per heavy atom. The topological polar surface area (TPSA) is 64.3 Å². The lowest BCUT2D eigenvalue weighted by Crippen LogP contribution is -2.35. The molecule has 0 bridgehead atoms. The summed E-state index contributed by atoms with van der Waals surface area (Å²) in [4.78, 5) is 11.5. The van der Waals surface area contributed by atoms with Gasteiger partial charge >= 0.3 is 6.18 Å². The molecule has 0 saturated heterocycles. The molecule has 0 heterocycles. The van der Waals surface area contributed by atoms with Crippen molar-refractivity contribution in [3.63, 3.8) is 0 Å². The van der Waals surface area contributed by atoms with Crippen LogP contribution in [0.1, 0.15) is 5.56 Å². The lowest BCUT2D eigenvalue weighted by molar-refractivity contribution is -0.137. The van der Waals surface area contributed by atoms with Gasteiger partial charge in [-0.25, -0.2) is 0 Å². The number of carbonyl (C=O) groups is 1. The summed E-state index contributed by atoms with van der Waals surface area (Å²) in [7, 11) is 1.29. The number of anilines is 1. The number of hydrogen-bond acceptors (Lipinski definition) is 3. The number of ether oxygens (including phenoxy) is 1. The Morgan fingerprint density at radius 1 is 1.47 bits per heavy atom. The van der Waals surface area contributed by atoms with Crippen molar-refractivity contribution >= 4 is 24.0 Å². The first-order valence-electron chi connectivity index (χ1n) is 5.09.